The van der Waals surface area contributed by atoms with Gasteiger partial charge in [0.25, 0.3) is 5.91 Å². The van der Waals surface area contributed by atoms with Gasteiger partial charge in [-0.15, -0.1) is 5.10 Å². The average Bonchev–Trinajstić information content (AvgIpc) is 3.01. The number of hydrogen-bond donors (Lipinski definition) is 2. The maximum absolute atomic E-state index is 12.2. The highest BCUT2D eigenvalue weighted by molar-refractivity contribution is 6.35. The van der Waals surface area contributed by atoms with E-state index in [0.29, 0.717) is 28.0 Å². The Bertz CT molecular complexity index is 875. The summed E-state index contributed by atoms with van der Waals surface area (Å²) in [6.45, 7) is 1.98. The van der Waals surface area contributed by atoms with Crippen LogP contribution in [0.15, 0.2) is 42.5 Å². The molecule has 3 rings (SSSR count). The molecule has 0 aliphatic rings. The van der Waals surface area contributed by atoms with Crippen LogP contribution >= 0.6 is 23.2 Å². The van der Waals surface area contributed by atoms with E-state index in [-0.39, 0.29) is 11.7 Å². The molecule has 1 aromatic heterocycles. The number of carbonyl (C=O) groups excluding carboxylic acids is 1. The Morgan fingerprint density at radius 1 is 1.17 bits per heavy atom. The lowest BCUT2D eigenvalue weighted by atomic mass is 10.1. The maximum Gasteiger partial charge on any atom is 0.295 e. The van der Waals surface area contributed by atoms with Crippen molar-refractivity contribution in [2.24, 2.45) is 0 Å². The summed E-state index contributed by atoms with van der Waals surface area (Å²) >= 11 is 12.0. The number of anilines is 1. The number of aromatic nitrogens is 3. The first kappa shape index (κ1) is 16.5. The fourth-order valence-electron chi connectivity index (χ4n) is 2.15. The molecule has 0 aliphatic carbocycles. The summed E-state index contributed by atoms with van der Waals surface area (Å²) in [6, 6.07) is 12.7. The molecular weight excluding hydrogens is 347 g/mol. The van der Waals surface area contributed by atoms with E-state index in [1.807, 2.05) is 37.3 Å². The number of aromatic amines is 1. The Morgan fingerprint density at radius 3 is 2.62 bits per heavy atom. The molecular formula is C17H14Cl2N4O. The molecule has 0 aliphatic heterocycles. The largest absolute Gasteiger partial charge is 0.319 e. The molecule has 2 N–H and O–H groups in total. The highest BCUT2D eigenvalue weighted by atomic mass is 35.5. The van der Waals surface area contributed by atoms with Crippen molar-refractivity contribution in [2.45, 2.75) is 13.3 Å². The molecule has 0 spiro atoms. The zero-order valence-electron chi connectivity index (χ0n) is 12.8. The van der Waals surface area contributed by atoms with Crippen LogP contribution in [0.3, 0.4) is 0 Å². The van der Waals surface area contributed by atoms with Gasteiger partial charge in [0.1, 0.15) is 5.82 Å². The van der Waals surface area contributed by atoms with Crippen LogP contribution in [0.5, 0.6) is 0 Å². The topological polar surface area (TPSA) is 70.7 Å². The minimum Gasteiger partial charge on any atom is -0.319 e. The number of nitrogens with zero attached hydrogens (tertiary/aromatic N) is 2. The number of aryl methyl sites for hydroxylation is 1. The molecule has 0 fully saturated rings. The highest BCUT2D eigenvalue weighted by Crippen LogP contribution is 2.22. The molecule has 0 unspecified atom stereocenters. The Morgan fingerprint density at radius 2 is 1.92 bits per heavy atom. The van der Waals surface area contributed by atoms with Crippen LogP contribution < -0.4 is 5.32 Å². The van der Waals surface area contributed by atoms with E-state index < -0.39 is 0 Å². The van der Waals surface area contributed by atoms with Crippen LogP contribution in [0.4, 0.5) is 5.69 Å². The van der Waals surface area contributed by atoms with Gasteiger partial charge in [-0.25, -0.2) is 4.98 Å². The van der Waals surface area contributed by atoms with Gasteiger partial charge in [0, 0.05) is 22.2 Å². The van der Waals surface area contributed by atoms with Gasteiger partial charge in [0.15, 0.2) is 0 Å². The van der Waals surface area contributed by atoms with Crippen molar-refractivity contribution in [3.8, 4) is 0 Å². The lowest BCUT2D eigenvalue weighted by molar-refractivity contribution is 0.101. The smallest absolute Gasteiger partial charge is 0.295 e. The van der Waals surface area contributed by atoms with Crippen molar-refractivity contribution in [2.75, 3.05) is 5.32 Å². The van der Waals surface area contributed by atoms with Crippen LogP contribution in [-0.2, 0) is 6.42 Å². The van der Waals surface area contributed by atoms with Crippen LogP contribution in [0, 0.1) is 6.92 Å². The second-order valence-corrected chi connectivity index (χ2v) is 6.18. The van der Waals surface area contributed by atoms with Gasteiger partial charge in [-0.2, -0.15) is 0 Å². The molecule has 7 heteroatoms. The zero-order chi connectivity index (χ0) is 17.1. The third-order valence-electron chi connectivity index (χ3n) is 3.42. The predicted octanol–water partition coefficient (Wildman–Crippen LogP) is 4.26. The summed E-state index contributed by atoms with van der Waals surface area (Å²) in [5, 5.41) is 10.6. The number of hydrogen-bond acceptors (Lipinski definition) is 3. The number of rotatable bonds is 4. The zero-order valence-corrected chi connectivity index (χ0v) is 14.3. The Labute approximate surface area is 149 Å². The van der Waals surface area contributed by atoms with E-state index in [1.165, 1.54) is 0 Å². The molecule has 122 valence electrons. The fourth-order valence-corrected chi connectivity index (χ4v) is 2.62. The van der Waals surface area contributed by atoms with Crippen molar-refractivity contribution < 1.29 is 4.79 Å². The lowest BCUT2D eigenvalue weighted by Crippen LogP contribution is -2.13. The molecule has 5 nitrogen and oxygen atoms in total. The monoisotopic (exact) mass is 360 g/mol. The first-order valence-corrected chi connectivity index (χ1v) is 8.00. The van der Waals surface area contributed by atoms with Gasteiger partial charge in [-0.1, -0.05) is 47.0 Å². The molecule has 0 atom stereocenters. The van der Waals surface area contributed by atoms with E-state index in [0.717, 1.165) is 11.1 Å². The summed E-state index contributed by atoms with van der Waals surface area (Å²) < 4.78 is 0. The molecule has 1 amide bonds. The van der Waals surface area contributed by atoms with Crippen molar-refractivity contribution in [3.05, 3.63) is 75.3 Å². The van der Waals surface area contributed by atoms with Gasteiger partial charge in [-0.3, -0.25) is 9.89 Å². The van der Waals surface area contributed by atoms with Gasteiger partial charge < -0.3 is 5.32 Å². The van der Waals surface area contributed by atoms with E-state index >= 15 is 0 Å². The van der Waals surface area contributed by atoms with E-state index in [4.69, 9.17) is 23.2 Å². The Kier molecular flexibility index (Phi) is 4.83. The highest BCUT2D eigenvalue weighted by Gasteiger charge is 2.14. The van der Waals surface area contributed by atoms with Crippen LogP contribution in [0.25, 0.3) is 0 Å². The number of halogens is 2. The summed E-state index contributed by atoms with van der Waals surface area (Å²) in [5.41, 5.74) is 2.66. The van der Waals surface area contributed by atoms with Gasteiger partial charge in [-0.05, 0) is 36.8 Å². The fraction of sp³-hybridized carbons (Fsp3) is 0.118. The van der Waals surface area contributed by atoms with Crippen molar-refractivity contribution >= 4 is 34.8 Å². The minimum absolute atomic E-state index is 0.0793. The first-order chi connectivity index (χ1) is 11.5. The molecule has 3 aromatic rings. The standard InChI is InChI=1S/C17H14Cl2N4O/c1-10-2-6-13(7-3-10)20-17(24)16-21-15(22-23-16)8-11-4-5-12(18)9-14(11)19/h2-7,9H,8H2,1H3,(H,20,24)(H,21,22,23). The molecule has 0 bridgehead atoms. The van der Waals surface area contributed by atoms with Crippen LogP contribution in [-0.4, -0.2) is 21.1 Å². The van der Waals surface area contributed by atoms with Crippen LogP contribution in [0.1, 0.15) is 27.6 Å². The van der Waals surface area contributed by atoms with Gasteiger partial charge >= 0.3 is 0 Å². The molecule has 0 saturated heterocycles. The van der Waals surface area contributed by atoms with Gasteiger partial charge in [0.05, 0.1) is 0 Å². The number of carbonyl (C=O) groups is 1. The third-order valence-corrected chi connectivity index (χ3v) is 4.00. The SMILES string of the molecule is Cc1ccc(NC(=O)c2n[nH]c(Cc3ccc(Cl)cc3Cl)n2)cc1. The summed E-state index contributed by atoms with van der Waals surface area (Å²) in [7, 11) is 0. The number of H-pyrrole nitrogens is 1. The normalized spacial score (nSPS) is 10.6. The minimum atomic E-state index is -0.372. The second kappa shape index (κ2) is 7.03. The third kappa shape index (κ3) is 3.93. The Balaban J connectivity index is 1.70. The van der Waals surface area contributed by atoms with Crippen molar-refractivity contribution in [1.29, 1.82) is 0 Å². The number of benzene rings is 2. The van der Waals surface area contributed by atoms with E-state index in [9.17, 15) is 4.79 Å². The molecule has 0 radical (unpaired) electrons. The summed E-state index contributed by atoms with van der Waals surface area (Å²) in [4.78, 5) is 16.4. The number of nitrogens with one attached hydrogen (secondary N) is 2. The molecule has 0 saturated carbocycles. The average molecular weight is 361 g/mol. The lowest BCUT2D eigenvalue weighted by Gasteiger charge is -2.03. The molecule has 2 aromatic carbocycles. The first-order valence-electron chi connectivity index (χ1n) is 7.24. The van der Waals surface area contributed by atoms with Crippen molar-refractivity contribution in [1.82, 2.24) is 15.2 Å². The maximum atomic E-state index is 12.2. The van der Waals surface area contributed by atoms with E-state index in [2.05, 4.69) is 20.5 Å². The van der Waals surface area contributed by atoms with Crippen molar-refractivity contribution in [3.63, 3.8) is 0 Å². The van der Waals surface area contributed by atoms with E-state index in [1.54, 1.807) is 12.1 Å². The Hall–Kier alpha value is -2.37. The van der Waals surface area contributed by atoms with Crippen LogP contribution in [0.2, 0.25) is 10.0 Å². The predicted molar refractivity (Wildman–Crippen MR) is 94.8 cm³/mol. The summed E-state index contributed by atoms with van der Waals surface area (Å²) in [6.07, 6.45) is 0.431. The molecule has 1 heterocycles. The number of amides is 1. The molecule has 24 heavy (non-hydrogen) atoms. The summed E-state index contributed by atoms with van der Waals surface area (Å²) in [5.74, 6) is 0.257. The van der Waals surface area contributed by atoms with Gasteiger partial charge in [0.2, 0.25) is 5.82 Å². The quantitative estimate of drug-likeness (QED) is 0.729. The second-order valence-electron chi connectivity index (χ2n) is 5.34.